The van der Waals surface area contributed by atoms with Gasteiger partial charge in [0.25, 0.3) is 0 Å². The van der Waals surface area contributed by atoms with Gasteiger partial charge in [-0.25, -0.2) is 24.9 Å². The lowest BCUT2D eigenvalue weighted by Gasteiger charge is -1.95. The molecule has 0 atom stereocenters. The number of H-pyrrole nitrogens is 3. The molecule has 6 heterocycles. The number of imidazole rings is 1. The van der Waals surface area contributed by atoms with Gasteiger partial charge in [-0.05, 0) is 12.1 Å². The van der Waals surface area contributed by atoms with Crippen LogP contribution in [0, 0.1) is 0 Å². The van der Waals surface area contributed by atoms with Crippen molar-refractivity contribution in [1.82, 2.24) is 50.1 Å². The van der Waals surface area contributed by atoms with Gasteiger partial charge >= 0.3 is 0 Å². The summed E-state index contributed by atoms with van der Waals surface area (Å²) in [6, 6.07) is 3.74. The van der Waals surface area contributed by atoms with Crippen molar-refractivity contribution in [3.63, 3.8) is 0 Å². The predicted molar refractivity (Wildman–Crippen MR) is 97.4 cm³/mol. The monoisotopic (exact) mass is 354 g/mol. The fourth-order valence-electron chi connectivity index (χ4n) is 2.99. The van der Waals surface area contributed by atoms with Crippen LogP contribution in [0.2, 0.25) is 0 Å². The van der Waals surface area contributed by atoms with Gasteiger partial charge in [-0.1, -0.05) is 0 Å². The minimum Gasteiger partial charge on any atom is -0.337 e. The molecule has 0 saturated carbocycles. The summed E-state index contributed by atoms with van der Waals surface area (Å²) in [6.45, 7) is 0. The second-order valence-electron chi connectivity index (χ2n) is 6.01. The molecule has 10 nitrogen and oxygen atoms in total. The second kappa shape index (κ2) is 5.14. The summed E-state index contributed by atoms with van der Waals surface area (Å²) < 4.78 is 0. The van der Waals surface area contributed by atoms with E-state index in [4.69, 9.17) is 0 Å². The Kier molecular flexibility index (Phi) is 2.67. The molecule has 0 aliphatic rings. The summed E-state index contributed by atoms with van der Waals surface area (Å²) in [5, 5.41) is 6.73. The van der Waals surface area contributed by atoms with Crippen molar-refractivity contribution in [3.8, 4) is 22.9 Å². The number of nitrogens with one attached hydrogen (secondary N) is 3. The van der Waals surface area contributed by atoms with E-state index in [1.807, 2.05) is 12.1 Å². The molecule has 10 heteroatoms. The first-order valence-electron chi connectivity index (χ1n) is 8.16. The Morgan fingerprint density at radius 3 is 2.59 bits per heavy atom. The second-order valence-corrected chi connectivity index (χ2v) is 6.01. The van der Waals surface area contributed by atoms with Crippen LogP contribution in [0.15, 0.2) is 43.1 Å². The fourth-order valence-corrected chi connectivity index (χ4v) is 2.99. The van der Waals surface area contributed by atoms with Gasteiger partial charge in [0, 0.05) is 6.20 Å². The van der Waals surface area contributed by atoms with Crippen LogP contribution in [-0.4, -0.2) is 50.1 Å². The molecule has 0 unspecified atom stereocenters. The van der Waals surface area contributed by atoms with Gasteiger partial charge in [0.15, 0.2) is 17.1 Å². The summed E-state index contributed by atoms with van der Waals surface area (Å²) in [5.41, 5.74) is 6.55. The first-order chi connectivity index (χ1) is 13.3. The largest absolute Gasteiger partial charge is 0.337 e. The molecular formula is C17H10N10. The summed E-state index contributed by atoms with van der Waals surface area (Å²) in [4.78, 5) is 33.1. The van der Waals surface area contributed by atoms with Crippen molar-refractivity contribution in [1.29, 1.82) is 0 Å². The van der Waals surface area contributed by atoms with Gasteiger partial charge in [-0.15, -0.1) is 0 Å². The third kappa shape index (κ3) is 2.16. The SMILES string of the molecule is c1cc2nc(-c3cnc4[nH]c(-c5cnc6[nH]ncc6n5)cc4n3)[nH]c2cn1. The van der Waals surface area contributed by atoms with Crippen molar-refractivity contribution in [2.75, 3.05) is 0 Å². The highest BCUT2D eigenvalue weighted by molar-refractivity contribution is 5.82. The van der Waals surface area contributed by atoms with E-state index in [2.05, 4.69) is 50.1 Å². The molecule has 0 aliphatic heterocycles. The molecule has 0 amide bonds. The lowest BCUT2D eigenvalue weighted by Crippen LogP contribution is -1.88. The molecule has 6 aromatic rings. The van der Waals surface area contributed by atoms with E-state index in [0.29, 0.717) is 34.0 Å². The molecular weight excluding hydrogens is 344 g/mol. The van der Waals surface area contributed by atoms with Crippen LogP contribution in [0.3, 0.4) is 0 Å². The highest BCUT2D eigenvalue weighted by atomic mass is 15.1. The lowest BCUT2D eigenvalue weighted by molar-refractivity contribution is 1.10. The number of rotatable bonds is 2. The maximum Gasteiger partial charge on any atom is 0.174 e. The summed E-state index contributed by atoms with van der Waals surface area (Å²) in [6.07, 6.45) is 8.44. The zero-order valence-electron chi connectivity index (χ0n) is 13.7. The Morgan fingerprint density at radius 1 is 0.741 bits per heavy atom. The number of pyridine rings is 1. The number of nitrogens with zero attached hydrogens (tertiary/aromatic N) is 7. The first-order valence-corrected chi connectivity index (χ1v) is 8.16. The van der Waals surface area contributed by atoms with Gasteiger partial charge in [0.1, 0.15) is 22.4 Å². The first kappa shape index (κ1) is 14.0. The highest BCUT2D eigenvalue weighted by Crippen LogP contribution is 2.24. The molecule has 6 aromatic heterocycles. The van der Waals surface area contributed by atoms with Crippen molar-refractivity contribution in [3.05, 3.63) is 43.1 Å². The van der Waals surface area contributed by atoms with Crippen molar-refractivity contribution >= 4 is 33.4 Å². The molecule has 0 saturated heterocycles. The molecule has 0 radical (unpaired) electrons. The zero-order chi connectivity index (χ0) is 17.8. The fraction of sp³-hybridized carbons (Fsp3) is 0. The Bertz CT molecular complexity index is 1410. The standard InChI is InChI=1S/C17H10N10/c1-2-18-4-11-8(1)24-17(26-11)13-6-19-15-10(22-13)3-9(25-15)12-5-20-16-14(23-12)7-21-27-16/h1-7H,(H,19,25)(H,24,26)(H,20,21,27). The Balaban J connectivity index is 1.46. The summed E-state index contributed by atoms with van der Waals surface area (Å²) >= 11 is 0. The minimum atomic E-state index is 0.646. The van der Waals surface area contributed by atoms with Gasteiger partial charge < -0.3 is 9.97 Å². The van der Waals surface area contributed by atoms with E-state index in [1.165, 1.54) is 0 Å². The Labute approximate surface area is 150 Å². The molecule has 0 fully saturated rings. The normalized spacial score (nSPS) is 11.7. The highest BCUT2D eigenvalue weighted by Gasteiger charge is 2.12. The molecule has 3 N–H and O–H groups in total. The van der Waals surface area contributed by atoms with E-state index in [1.54, 1.807) is 31.0 Å². The van der Waals surface area contributed by atoms with Crippen molar-refractivity contribution in [2.45, 2.75) is 0 Å². The van der Waals surface area contributed by atoms with Gasteiger partial charge in [-0.2, -0.15) is 5.10 Å². The zero-order valence-corrected chi connectivity index (χ0v) is 13.7. The molecule has 0 aliphatic carbocycles. The van der Waals surface area contributed by atoms with E-state index in [0.717, 1.165) is 22.2 Å². The van der Waals surface area contributed by atoms with Gasteiger partial charge in [-0.3, -0.25) is 10.1 Å². The number of aromatic amines is 3. The van der Waals surface area contributed by atoms with Crippen molar-refractivity contribution in [2.24, 2.45) is 0 Å². The van der Waals surface area contributed by atoms with Crippen LogP contribution in [0.1, 0.15) is 0 Å². The van der Waals surface area contributed by atoms with Crippen LogP contribution in [-0.2, 0) is 0 Å². The molecule has 128 valence electrons. The number of hydrogen-bond donors (Lipinski definition) is 3. The Hall–Kier alpha value is -4.21. The van der Waals surface area contributed by atoms with E-state index >= 15 is 0 Å². The molecule has 6 rings (SSSR count). The minimum absolute atomic E-state index is 0.646. The van der Waals surface area contributed by atoms with Crippen LogP contribution in [0.25, 0.3) is 56.3 Å². The lowest BCUT2D eigenvalue weighted by atomic mass is 10.3. The molecule has 27 heavy (non-hydrogen) atoms. The smallest absolute Gasteiger partial charge is 0.174 e. The van der Waals surface area contributed by atoms with Crippen molar-refractivity contribution < 1.29 is 0 Å². The summed E-state index contributed by atoms with van der Waals surface area (Å²) in [7, 11) is 0. The third-order valence-electron chi connectivity index (χ3n) is 4.29. The van der Waals surface area contributed by atoms with E-state index in [-0.39, 0.29) is 0 Å². The average Bonchev–Trinajstić information content (AvgIpc) is 3.42. The predicted octanol–water partition coefficient (Wildman–Crippen LogP) is 2.23. The Morgan fingerprint density at radius 2 is 1.63 bits per heavy atom. The van der Waals surface area contributed by atoms with Crippen LogP contribution >= 0.6 is 0 Å². The van der Waals surface area contributed by atoms with Crippen LogP contribution in [0.4, 0.5) is 0 Å². The average molecular weight is 354 g/mol. The molecule has 0 aromatic carbocycles. The molecule has 0 bridgehead atoms. The topological polar surface area (TPSA) is 138 Å². The number of hydrogen-bond acceptors (Lipinski definition) is 7. The van der Waals surface area contributed by atoms with Gasteiger partial charge in [0.2, 0.25) is 0 Å². The number of fused-ring (bicyclic) bond motifs is 3. The maximum atomic E-state index is 4.66. The quantitative estimate of drug-likeness (QED) is 0.433. The maximum absolute atomic E-state index is 4.66. The molecule has 0 spiro atoms. The van der Waals surface area contributed by atoms with Crippen LogP contribution in [0.5, 0.6) is 0 Å². The summed E-state index contributed by atoms with van der Waals surface area (Å²) in [5.74, 6) is 0.648. The van der Waals surface area contributed by atoms with Crippen LogP contribution < -0.4 is 0 Å². The number of aromatic nitrogens is 10. The van der Waals surface area contributed by atoms with E-state index < -0.39 is 0 Å². The van der Waals surface area contributed by atoms with E-state index in [9.17, 15) is 0 Å². The van der Waals surface area contributed by atoms with Gasteiger partial charge in [0.05, 0.1) is 41.5 Å². The third-order valence-corrected chi connectivity index (χ3v) is 4.29.